The molecule has 0 radical (unpaired) electrons. The predicted octanol–water partition coefficient (Wildman–Crippen LogP) is 1.34. The topological polar surface area (TPSA) is 112 Å². The number of carboxylic acids is 3. The predicted molar refractivity (Wildman–Crippen MR) is 58.3 cm³/mol. The number of carboxylic acid groups (broad SMARTS) is 3. The zero-order valence-corrected chi connectivity index (χ0v) is 8.92. The Morgan fingerprint density at radius 2 is 1.06 bits per heavy atom. The number of aliphatic carboxylic acids is 3. The third kappa shape index (κ3) is 58.7. The molecule has 16 heavy (non-hydrogen) atoms. The summed E-state index contributed by atoms with van der Waals surface area (Å²) in [7, 11) is 0. The van der Waals surface area contributed by atoms with Crippen molar-refractivity contribution in [3.63, 3.8) is 0 Å². The number of hydrogen-bond donors (Lipinski definition) is 3. The van der Waals surface area contributed by atoms with E-state index in [9.17, 15) is 14.4 Å². The number of halogens is 1. The van der Waals surface area contributed by atoms with Crippen molar-refractivity contribution in [3.05, 3.63) is 36.9 Å². The minimum Gasteiger partial charge on any atom is -0.478 e. The van der Waals surface area contributed by atoms with Gasteiger partial charge < -0.3 is 15.3 Å². The van der Waals surface area contributed by atoms with E-state index in [4.69, 9.17) is 26.9 Å². The van der Waals surface area contributed by atoms with Crippen LogP contribution in [0.3, 0.4) is 0 Å². The fraction of sp³-hybridized carbons (Fsp3) is 0. The first kappa shape index (κ1) is 19.5. The quantitative estimate of drug-likeness (QED) is 0.652. The molecule has 0 bridgehead atoms. The van der Waals surface area contributed by atoms with E-state index in [1.54, 1.807) is 0 Å². The van der Waals surface area contributed by atoms with Crippen molar-refractivity contribution < 1.29 is 29.7 Å². The van der Waals surface area contributed by atoms with E-state index in [0.717, 1.165) is 6.08 Å². The summed E-state index contributed by atoms with van der Waals surface area (Å²) in [5.74, 6) is -3.50. The molecular weight excluding hydrogens is 240 g/mol. The summed E-state index contributed by atoms with van der Waals surface area (Å²) < 4.78 is 0. The summed E-state index contributed by atoms with van der Waals surface area (Å²) in [6.07, 6.45) is 1.95. The first-order valence-electron chi connectivity index (χ1n) is 3.52. The molecule has 0 aliphatic carbocycles. The first-order chi connectivity index (χ1) is 7.31. The Kier molecular flexibility index (Phi) is 18.7. The largest absolute Gasteiger partial charge is 0.478 e. The van der Waals surface area contributed by atoms with Crippen LogP contribution in [0.15, 0.2) is 36.9 Å². The van der Waals surface area contributed by atoms with Gasteiger partial charge in [0, 0.05) is 18.2 Å². The second-order valence-electron chi connectivity index (χ2n) is 1.71. The van der Waals surface area contributed by atoms with E-state index in [-0.39, 0.29) is 0 Å². The van der Waals surface area contributed by atoms with Crippen molar-refractivity contribution in [2.24, 2.45) is 0 Å². The Balaban J connectivity index is -0.000000181. The van der Waals surface area contributed by atoms with Crippen molar-refractivity contribution in [1.29, 1.82) is 0 Å². The molecule has 0 fully saturated rings. The van der Waals surface area contributed by atoms with Gasteiger partial charge in [-0.1, -0.05) is 24.8 Å². The van der Waals surface area contributed by atoms with Crippen LogP contribution in [0.4, 0.5) is 0 Å². The zero-order valence-electron chi connectivity index (χ0n) is 8.17. The second kappa shape index (κ2) is 15.4. The molecule has 0 aliphatic heterocycles. The molecule has 0 spiro atoms. The summed E-state index contributed by atoms with van der Waals surface area (Å²) in [5.41, 5.74) is 1.22. The van der Waals surface area contributed by atoms with Gasteiger partial charge in [-0.25, -0.2) is 14.4 Å². The molecule has 0 saturated heterocycles. The van der Waals surface area contributed by atoms with Gasteiger partial charge in [-0.15, -0.1) is 0 Å². The molecule has 0 aromatic carbocycles. The number of hydrogen-bond acceptors (Lipinski definition) is 3. The standard InChI is InChI=1S/C4H4O4.C3H4O2.C2H3Cl/c5-3(6)1-2-4(7)8;1-2-3(4)5;1-2-3/h1-2H,(H,5,6)(H,7,8);2H,1H2,(H,4,5);2H,1H2/b2-1-;;. The lowest BCUT2D eigenvalue weighted by atomic mass is 10.5. The Morgan fingerprint density at radius 3 is 1.12 bits per heavy atom. The van der Waals surface area contributed by atoms with E-state index in [1.807, 2.05) is 0 Å². The molecular formula is C9H11ClO6. The molecule has 0 amide bonds. The minimum atomic E-state index is -1.26. The molecule has 0 heterocycles. The van der Waals surface area contributed by atoms with Crippen LogP contribution in [0.1, 0.15) is 0 Å². The summed E-state index contributed by atoms with van der Waals surface area (Å²) in [6, 6.07) is 0. The Morgan fingerprint density at radius 1 is 0.875 bits per heavy atom. The maximum Gasteiger partial charge on any atom is 0.328 e. The lowest BCUT2D eigenvalue weighted by Gasteiger charge is -1.74. The molecule has 0 aliphatic rings. The van der Waals surface area contributed by atoms with Crippen LogP contribution in [-0.4, -0.2) is 33.2 Å². The van der Waals surface area contributed by atoms with Gasteiger partial charge in [-0.2, -0.15) is 0 Å². The van der Waals surface area contributed by atoms with Crippen molar-refractivity contribution in [1.82, 2.24) is 0 Å². The minimum absolute atomic E-state index is 0.558. The molecule has 90 valence electrons. The van der Waals surface area contributed by atoms with Crippen molar-refractivity contribution in [2.45, 2.75) is 0 Å². The molecule has 0 rings (SSSR count). The van der Waals surface area contributed by atoms with E-state index in [0.29, 0.717) is 12.2 Å². The molecule has 0 unspecified atom stereocenters. The second-order valence-corrected chi connectivity index (χ2v) is 2.02. The van der Waals surface area contributed by atoms with Gasteiger partial charge >= 0.3 is 17.9 Å². The van der Waals surface area contributed by atoms with Crippen LogP contribution in [0, 0.1) is 0 Å². The average molecular weight is 251 g/mol. The van der Waals surface area contributed by atoms with Crippen molar-refractivity contribution in [2.75, 3.05) is 0 Å². The van der Waals surface area contributed by atoms with E-state index >= 15 is 0 Å². The third-order valence-corrected chi connectivity index (χ3v) is 0.543. The van der Waals surface area contributed by atoms with Gasteiger partial charge in [0.2, 0.25) is 0 Å². The Bertz CT molecular complexity index is 266. The van der Waals surface area contributed by atoms with Gasteiger partial charge in [0.05, 0.1) is 0 Å². The third-order valence-electron chi connectivity index (χ3n) is 0.543. The molecule has 0 aromatic rings. The van der Waals surface area contributed by atoms with Crippen LogP contribution in [0.5, 0.6) is 0 Å². The Hall–Kier alpha value is -2.08. The fourth-order valence-electron chi connectivity index (χ4n) is 0.143. The molecule has 6 nitrogen and oxygen atoms in total. The van der Waals surface area contributed by atoms with E-state index in [2.05, 4.69) is 13.2 Å². The molecule has 0 aromatic heterocycles. The van der Waals surface area contributed by atoms with Gasteiger partial charge in [-0.3, -0.25) is 0 Å². The van der Waals surface area contributed by atoms with Crippen LogP contribution in [-0.2, 0) is 14.4 Å². The zero-order chi connectivity index (χ0) is 13.6. The van der Waals surface area contributed by atoms with E-state index < -0.39 is 17.9 Å². The number of rotatable bonds is 3. The van der Waals surface area contributed by atoms with Gasteiger partial charge in [0.1, 0.15) is 0 Å². The molecule has 7 heteroatoms. The average Bonchev–Trinajstić information content (AvgIpc) is 2.17. The highest BCUT2D eigenvalue weighted by atomic mass is 35.5. The molecule has 3 N–H and O–H groups in total. The highest BCUT2D eigenvalue weighted by Crippen LogP contribution is 1.70. The fourth-order valence-corrected chi connectivity index (χ4v) is 0.143. The lowest BCUT2D eigenvalue weighted by molar-refractivity contribution is -0.134. The van der Waals surface area contributed by atoms with Gasteiger partial charge in [0.25, 0.3) is 0 Å². The summed E-state index contributed by atoms with van der Waals surface area (Å²) in [4.78, 5) is 28.4. The SMILES string of the molecule is C=CC(=O)O.C=CCl.O=C(O)/C=C\C(=O)O. The maximum atomic E-state index is 9.55. The summed E-state index contributed by atoms with van der Waals surface area (Å²) in [6.45, 7) is 6.09. The van der Waals surface area contributed by atoms with Crippen LogP contribution >= 0.6 is 11.6 Å². The van der Waals surface area contributed by atoms with Crippen LogP contribution in [0.25, 0.3) is 0 Å². The van der Waals surface area contributed by atoms with Crippen LogP contribution in [0.2, 0.25) is 0 Å². The highest BCUT2D eigenvalue weighted by molar-refractivity contribution is 6.25. The Labute approximate surface area is 96.8 Å². The normalized spacial score (nSPS) is 7.56. The molecule has 0 atom stereocenters. The highest BCUT2D eigenvalue weighted by Gasteiger charge is 1.88. The van der Waals surface area contributed by atoms with E-state index in [1.165, 1.54) is 5.54 Å². The summed E-state index contributed by atoms with van der Waals surface area (Å²) in [5, 5.41) is 23.2. The number of carbonyl (C=O) groups is 3. The van der Waals surface area contributed by atoms with Crippen molar-refractivity contribution >= 4 is 29.5 Å². The maximum absolute atomic E-state index is 9.55. The monoisotopic (exact) mass is 250 g/mol. The lowest BCUT2D eigenvalue weighted by Crippen LogP contribution is -1.91. The molecule has 0 saturated carbocycles. The van der Waals surface area contributed by atoms with Crippen molar-refractivity contribution in [3.8, 4) is 0 Å². The smallest absolute Gasteiger partial charge is 0.328 e. The van der Waals surface area contributed by atoms with Gasteiger partial charge in [0.15, 0.2) is 0 Å². The van der Waals surface area contributed by atoms with Gasteiger partial charge in [-0.05, 0) is 5.54 Å². The van der Waals surface area contributed by atoms with Crippen LogP contribution < -0.4 is 0 Å². The first-order valence-corrected chi connectivity index (χ1v) is 3.95. The summed E-state index contributed by atoms with van der Waals surface area (Å²) >= 11 is 4.76.